The molecular weight excluding hydrogens is 356 g/mol. The summed E-state index contributed by atoms with van der Waals surface area (Å²) in [6.07, 6.45) is 7.26. The largest absolute Gasteiger partial charge is 0.265 e. The Bertz CT molecular complexity index is 1140. The molecule has 0 N–H and O–H groups in total. The number of thiophene rings is 1. The first-order valence-electron chi connectivity index (χ1n) is 9.53. The van der Waals surface area contributed by atoms with E-state index in [1.54, 1.807) is 6.33 Å². The number of aromatic nitrogens is 6. The molecule has 0 saturated heterocycles. The maximum atomic E-state index is 4.85. The van der Waals surface area contributed by atoms with Gasteiger partial charge in [-0.25, -0.2) is 14.5 Å². The minimum absolute atomic E-state index is 0.348. The second kappa shape index (κ2) is 5.86. The van der Waals surface area contributed by atoms with E-state index in [9.17, 15) is 0 Å². The second-order valence-electron chi connectivity index (χ2n) is 8.69. The molecule has 0 bridgehead atoms. The van der Waals surface area contributed by atoms with Crippen LogP contribution in [0.5, 0.6) is 0 Å². The Labute approximate surface area is 162 Å². The first kappa shape index (κ1) is 16.9. The van der Waals surface area contributed by atoms with Gasteiger partial charge in [-0.2, -0.15) is 5.10 Å². The molecule has 1 atom stereocenters. The predicted octanol–water partition coefficient (Wildman–Crippen LogP) is 4.04. The molecule has 4 aromatic rings. The van der Waals surface area contributed by atoms with Gasteiger partial charge in [0.25, 0.3) is 0 Å². The van der Waals surface area contributed by atoms with Crippen LogP contribution in [0.3, 0.4) is 0 Å². The molecule has 0 aliphatic heterocycles. The van der Waals surface area contributed by atoms with Crippen LogP contribution in [0.2, 0.25) is 0 Å². The Morgan fingerprint density at radius 1 is 1.26 bits per heavy atom. The molecule has 140 valence electrons. The number of hydrogen-bond acceptors (Lipinski definition) is 5. The maximum Gasteiger partial charge on any atom is 0.173 e. The zero-order chi connectivity index (χ0) is 18.8. The van der Waals surface area contributed by atoms with E-state index in [1.165, 1.54) is 22.2 Å². The normalized spacial score (nSPS) is 17.7. The summed E-state index contributed by atoms with van der Waals surface area (Å²) in [5.74, 6) is 1.50. The van der Waals surface area contributed by atoms with E-state index in [0.29, 0.717) is 12.0 Å². The highest BCUT2D eigenvalue weighted by atomic mass is 32.1. The van der Waals surface area contributed by atoms with E-state index in [2.05, 4.69) is 36.0 Å². The van der Waals surface area contributed by atoms with Gasteiger partial charge in [0.2, 0.25) is 0 Å². The molecule has 0 radical (unpaired) electrons. The molecule has 1 unspecified atom stereocenters. The van der Waals surface area contributed by atoms with Gasteiger partial charge in [0.15, 0.2) is 11.5 Å². The SMILES string of the molecule is Cc1ccn(Cc2nc3c4c5c(sc4ncn3n2)CC(C(C)(C)C)CC5)n1. The van der Waals surface area contributed by atoms with Crippen LogP contribution in [-0.4, -0.2) is 29.4 Å². The highest BCUT2D eigenvalue weighted by Gasteiger charge is 2.31. The van der Waals surface area contributed by atoms with Crippen molar-refractivity contribution >= 4 is 27.2 Å². The fourth-order valence-electron chi connectivity index (χ4n) is 4.12. The molecular formula is C20H24N6S. The van der Waals surface area contributed by atoms with Gasteiger partial charge >= 0.3 is 0 Å². The Balaban J connectivity index is 1.58. The Morgan fingerprint density at radius 3 is 2.85 bits per heavy atom. The molecule has 0 amide bonds. The molecule has 0 spiro atoms. The van der Waals surface area contributed by atoms with Crippen LogP contribution < -0.4 is 0 Å². The summed E-state index contributed by atoms with van der Waals surface area (Å²) in [4.78, 5) is 12.1. The average molecular weight is 381 g/mol. The quantitative estimate of drug-likeness (QED) is 0.526. The first-order valence-corrected chi connectivity index (χ1v) is 10.3. The number of aryl methyl sites for hydroxylation is 2. The third-order valence-electron chi connectivity index (χ3n) is 5.73. The van der Waals surface area contributed by atoms with E-state index in [0.717, 1.165) is 40.8 Å². The summed E-state index contributed by atoms with van der Waals surface area (Å²) in [6.45, 7) is 9.63. The lowest BCUT2D eigenvalue weighted by Crippen LogP contribution is -2.26. The molecule has 4 heterocycles. The summed E-state index contributed by atoms with van der Waals surface area (Å²) in [7, 11) is 0. The molecule has 6 nitrogen and oxygen atoms in total. The third-order valence-corrected chi connectivity index (χ3v) is 6.89. The second-order valence-corrected chi connectivity index (χ2v) is 9.77. The fraction of sp³-hybridized carbons (Fsp3) is 0.500. The van der Waals surface area contributed by atoms with Crippen molar-refractivity contribution < 1.29 is 0 Å². The number of fused-ring (bicyclic) bond motifs is 5. The summed E-state index contributed by atoms with van der Waals surface area (Å²) in [6, 6.07) is 2.00. The van der Waals surface area contributed by atoms with Gasteiger partial charge in [0.05, 0.1) is 11.1 Å². The van der Waals surface area contributed by atoms with Crippen LogP contribution in [0, 0.1) is 18.3 Å². The summed E-state index contributed by atoms with van der Waals surface area (Å²) >= 11 is 1.84. The van der Waals surface area contributed by atoms with E-state index in [4.69, 9.17) is 4.98 Å². The van der Waals surface area contributed by atoms with Crippen LogP contribution >= 0.6 is 11.3 Å². The number of hydrogen-bond donors (Lipinski definition) is 0. The molecule has 27 heavy (non-hydrogen) atoms. The van der Waals surface area contributed by atoms with Crippen molar-refractivity contribution in [2.45, 2.75) is 53.5 Å². The zero-order valence-electron chi connectivity index (χ0n) is 16.2. The van der Waals surface area contributed by atoms with Crippen molar-refractivity contribution in [3.63, 3.8) is 0 Å². The van der Waals surface area contributed by atoms with Crippen molar-refractivity contribution in [3.05, 3.63) is 40.5 Å². The smallest absolute Gasteiger partial charge is 0.173 e. The van der Waals surface area contributed by atoms with Gasteiger partial charge in [-0.05, 0) is 49.1 Å². The Morgan fingerprint density at radius 2 is 2.11 bits per heavy atom. The standard InChI is InChI=1S/C20H24N6S/c1-12-7-8-25(23-12)10-16-22-18-17-14-6-5-13(20(2,3)4)9-15(14)27-19(17)21-11-26(18)24-16/h7-8,11,13H,5-6,9-10H2,1-4H3. The van der Waals surface area contributed by atoms with Crippen LogP contribution in [0.25, 0.3) is 15.9 Å². The molecule has 1 aliphatic rings. The van der Waals surface area contributed by atoms with Gasteiger partial charge in [0, 0.05) is 11.1 Å². The summed E-state index contributed by atoms with van der Waals surface area (Å²) < 4.78 is 3.71. The molecule has 0 fully saturated rings. The van der Waals surface area contributed by atoms with Crippen molar-refractivity contribution in [2.75, 3.05) is 0 Å². The van der Waals surface area contributed by atoms with Gasteiger partial charge in [-0.1, -0.05) is 20.8 Å². The van der Waals surface area contributed by atoms with E-state index in [-0.39, 0.29) is 0 Å². The fourth-order valence-corrected chi connectivity index (χ4v) is 5.38. The summed E-state index contributed by atoms with van der Waals surface area (Å²) in [5.41, 5.74) is 3.73. The number of rotatable bonds is 2. The van der Waals surface area contributed by atoms with Crippen LogP contribution in [-0.2, 0) is 19.4 Å². The highest BCUT2D eigenvalue weighted by molar-refractivity contribution is 7.19. The summed E-state index contributed by atoms with van der Waals surface area (Å²) in [5, 5.41) is 10.3. The lowest BCUT2D eigenvalue weighted by atomic mass is 9.72. The zero-order valence-corrected chi connectivity index (χ0v) is 17.0. The Hall–Kier alpha value is -2.28. The maximum absolute atomic E-state index is 4.85. The molecule has 0 aromatic carbocycles. The topological polar surface area (TPSA) is 60.9 Å². The Kier molecular flexibility index (Phi) is 3.66. The highest BCUT2D eigenvalue weighted by Crippen LogP contribution is 2.43. The van der Waals surface area contributed by atoms with Gasteiger partial charge in [-0.15, -0.1) is 16.4 Å². The molecule has 4 aromatic heterocycles. The molecule has 7 heteroatoms. The van der Waals surface area contributed by atoms with Crippen LogP contribution in [0.1, 0.15) is 49.2 Å². The van der Waals surface area contributed by atoms with Gasteiger partial charge in [-0.3, -0.25) is 4.68 Å². The first-order chi connectivity index (χ1) is 12.9. The predicted molar refractivity (Wildman–Crippen MR) is 107 cm³/mol. The minimum atomic E-state index is 0.348. The van der Waals surface area contributed by atoms with Crippen molar-refractivity contribution in [2.24, 2.45) is 11.3 Å². The molecule has 1 aliphatic carbocycles. The molecule has 0 saturated carbocycles. The minimum Gasteiger partial charge on any atom is -0.265 e. The number of nitrogens with zero attached hydrogens (tertiary/aromatic N) is 6. The third kappa shape index (κ3) is 2.84. The van der Waals surface area contributed by atoms with E-state index in [1.807, 2.05) is 39.7 Å². The molecule has 5 rings (SSSR count). The van der Waals surface area contributed by atoms with E-state index >= 15 is 0 Å². The van der Waals surface area contributed by atoms with Gasteiger partial charge in [0.1, 0.15) is 17.7 Å². The van der Waals surface area contributed by atoms with Gasteiger partial charge < -0.3 is 0 Å². The van der Waals surface area contributed by atoms with Crippen molar-refractivity contribution in [3.8, 4) is 0 Å². The van der Waals surface area contributed by atoms with Crippen LogP contribution in [0.15, 0.2) is 18.6 Å². The lowest BCUT2D eigenvalue weighted by Gasteiger charge is -2.33. The monoisotopic (exact) mass is 380 g/mol. The average Bonchev–Trinajstić information content (AvgIpc) is 3.29. The van der Waals surface area contributed by atoms with E-state index < -0.39 is 0 Å². The lowest BCUT2D eigenvalue weighted by molar-refractivity contribution is 0.218. The van der Waals surface area contributed by atoms with Crippen LogP contribution in [0.4, 0.5) is 0 Å². The van der Waals surface area contributed by atoms with Crippen molar-refractivity contribution in [1.82, 2.24) is 29.4 Å². The van der Waals surface area contributed by atoms with Crippen molar-refractivity contribution in [1.29, 1.82) is 0 Å².